The normalized spacial score (nSPS) is 11.8. The van der Waals surface area contributed by atoms with Crippen molar-refractivity contribution in [2.45, 2.75) is 4.90 Å². The largest absolute Gasteiger partial charge is 0.343 e. The number of nitrogens with two attached hydrogens (primary N) is 1. The summed E-state index contributed by atoms with van der Waals surface area (Å²) in [5, 5.41) is 23.7. The van der Waals surface area contributed by atoms with E-state index < -0.39 is 21.1 Å². The molecule has 2 heterocycles. The Labute approximate surface area is 139 Å². The van der Waals surface area contributed by atoms with Gasteiger partial charge >= 0.3 is 0 Å². The fourth-order valence-electron chi connectivity index (χ4n) is 2.01. The molecule has 0 unspecified atom stereocenters. The molecule has 0 amide bonds. The first kappa shape index (κ1) is 16.3. The predicted octanol–water partition coefficient (Wildman–Crippen LogP) is 0.250. The Bertz CT molecular complexity index is 1260. The molecule has 3 aromatic rings. The topological polar surface area (TPSA) is 179 Å². The second-order valence-electron chi connectivity index (χ2n) is 4.83. The average molecular weight is 359 g/mol. The third-order valence-corrected chi connectivity index (χ3v) is 4.14. The van der Waals surface area contributed by atoms with Gasteiger partial charge in [0.1, 0.15) is 11.6 Å². The molecule has 4 N–H and O–H groups in total. The summed E-state index contributed by atoms with van der Waals surface area (Å²) in [6.07, 6.45) is 1.16. The zero-order chi connectivity index (χ0) is 18.2. The van der Waals surface area contributed by atoms with E-state index in [4.69, 9.17) is 10.4 Å². The van der Waals surface area contributed by atoms with Crippen molar-refractivity contribution < 1.29 is 8.42 Å². The number of primary sulfonamides is 1. The molecular weight excluding hydrogens is 350 g/mol. The second-order valence-corrected chi connectivity index (χ2v) is 6.39. The third-order valence-electron chi connectivity index (χ3n) is 3.21. The van der Waals surface area contributed by atoms with Gasteiger partial charge in [0.05, 0.1) is 10.6 Å². The maximum absolute atomic E-state index is 11.9. The van der Waals surface area contributed by atoms with Crippen LogP contribution in [-0.4, -0.2) is 23.0 Å². The molecule has 0 saturated heterocycles. The number of sulfonamides is 1. The first-order chi connectivity index (χ1) is 11.8. The lowest BCUT2D eigenvalue weighted by Crippen LogP contribution is -2.19. The van der Waals surface area contributed by atoms with Gasteiger partial charge in [0.2, 0.25) is 10.0 Å². The highest BCUT2D eigenvalue weighted by molar-refractivity contribution is 7.89. The summed E-state index contributed by atoms with van der Waals surface area (Å²) >= 11 is 0. The number of hydrogen-bond donors (Lipinski definition) is 3. The van der Waals surface area contributed by atoms with Gasteiger partial charge in [0, 0.05) is 6.20 Å². The molecule has 0 bridgehead atoms. The Hall–Kier alpha value is -3.56. The molecule has 12 heteroatoms. The predicted molar refractivity (Wildman–Crippen MR) is 85.3 cm³/mol. The standard InChI is InChI=1S/C13H9N7O4S/c14-5-7-6-16-11-10(12(21)19-20(11)13(7)22)18-17-8-1-3-9(4-2-8)25(15,23)24/h1-4,6,16H,(H,19,21)(H2,15,23,24). The zero-order valence-corrected chi connectivity index (χ0v) is 13.1. The van der Waals surface area contributed by atoms with Crippen LogP contribution < -0.4 is 16.3 Å². The molecular formula is C13H9N7O4S. The number of nitrogens with zero attached hydrogens (tertiary/aromatic N) is 4. The summed E-state index contributed by atoms with van der Waals surface area (Å²) in [6.45, 7) is 0. The zero-order valence-electron chi connectivity index (χ0n) is 12.3. The first-order valence-corrected chi connectivity index (χ1v) is 8.17. The first-order valence-electron chi connectivity index (χ1n) is 6.62. The van der Waals surface area contributed by atoms with E-state index in [1.165, 1.54) is 24.3 Å². The third kappa shape index (κ3) is 2.96. The Morgan fingerprint density at radius 3 is 2.44 bits per heavy atom. The van der Waals surface area contributed by atoms with E-state index in [0.29, 0.717) is 0 Å². The number of H-pyrrole nitrogens is 2. The van der Waals surface area contributed by atoms with Gasteiger partial charge in [-0.2, -0.15) is 14.9 Å². The van der Waals surface area contributed by atoms with Gasteiger partial charge < -0.3 is 4.98 Å². The Morgan fingerprint density at radius 2 is 1.84 bits per heavy atom. The van der Waals surface area contributed by atoms with Crippen LogP contribution >= 0.6 is 0 Å². The molecule has 0 aliphatic carbocycles. The number of hydrogen-bond acceptors (Lipinski definition) is 7. The van der Waals surface area contributed by atoms with Gasteiger partial charge in [-0.15, -0.1) is 5.11 Å². The Kier molecular flexibility index (Phi) is 3.79. The van der Waals surface area contributed by atoms with Crippen LogP contribution in [0.1, 0.15) is 5.56 Å². The number of nitrogens with one attached hydrogen (secondary N) is 2. The fraction of sp³-hybridized carbons (Fsp3) is 0. The van der Waals surface area contributed by atoms with Crippen molar-refractivity contribution in [2.24, 2.45) is 15.4 Å². The highest BCUT2D eigenvalue weighted by Gasteiger charge is 2.13. The highest BCUT2D eigenvalue weighted by atomic mass is 32.2. The minimum atomic E-state index is -3.82. The highest BCUT2D eigenvalue weighted by Crippen LogP contribution is 2.19. The molecule has 0 aliphatic heterocycles. The van der Waals surface area contributed by atoms with Crippen molar-refractivity contribution in [3.8, 4) is 6.07 Å². The molecule has 11 nitrogen and oxygen atoms in total. The molecule has 2 aromatic heterocycles. The number of aromatic nitrogens is 3. The van der Waals surface area contributed by atoms with Gasteiger partial charge in [-0.25, -0.2) is 13.6 Å². The average Bonchev–Trinajstić information content (AvgIpc) is 2.89. The van der Waals surface area contributed by atoms with Gasteiger partial charge in [-0.1, -0.05) is 0 Å². The summed E-state index contributed by atoms with van der Waals surface area (Å²) in [4.78, 5) is 26.4. The fourth-order valence-corrected chi connectivity index (χ4v) is 2.53. The molecule has 1 aromatic carbocycles. The quantitative estimate of drug-likeness (QED) is 0.566. The maximum Gasteiger partial charge on any atom is 0.294 e. The number of nitriles is 1. The number of fused-ring (bicyclic) bond motifs is 1. The van der Waals surface area contributed by atoms with E-state index in [1.54, 1.807) is 6.07 Å². The maximum atomic E-state index is 11.9. The SMILES string of the molecule is N#Cc1c[nH]c2c(N=Nc3ccc(S(N)(=O)=O)cc3)c(=O)[nH]n2c1=O. The van der Waals surface area contributed by atoms with Gasteiger partial charge in [-0.3, -0.25) is 14.7 Å². The molecule has 0 aliphatic rings. The summed E-state index contributed by atoms with van der Waals surface area (Å²) in [7, 11) is -3.82. The number of azo groups is 1. The van der Waals surface area contributed by atoms with Crippen LogP contribution in [-0.2, 0) is 10.0 Å². The van der Waals surface area contributed by atoms with Gasteiger partial charge in [-0.05, 0) is 24.3 Å². The van der Waals surface area contributed by atoms with E-state index in [2.05, 4.69) is 20.3 Å². The van der Waals surface area contributed by atoms with Crippen LogP contribution in [0.25, 0.3) is 5.65 Å². The minimum Gasteiger partial charge on any atom is -0.343 e. The van der Waals surface area contributed by atoms with Crippen LogP contribution in [0.15, 0.2) is 55.2 Å². The van der Waals surface area contributed by atoms with Crippen LogP contribution in [0, 0.1) is 11.3 Å². The number of benzene rings is 1. The van der Waals surface area contributed by atoms with Gasteiger partial charge in [0.25, 0.3) is 11.1 Å². The van der Waals surface area contributed by atoms with Crippen LogP contribution in [0.4, 0.5) is 11.4 Å². The summed E-state index contributed by atoms with van der Waals surface area (Å²) in [5.74, 6) is 0. The van der Waals surface area contributed by atoms with Gasteiger partial charge in [0.15, 0.2) is 11.3 Å². The summed E-state index contributed by atoms with van der Waals surface area (Å²) in [5.41, 5.74) is -1.43. The molecule has 126 valence electrons. The molecule has 25 heavy (non-hydrogen) atoms. The lowest BCUT2D eigenvalue weighted by atomic mass is 10.3. The minimum absolute atomic E-state index is 0.0407. The Balaban J connectivity index is 2.04. The smallest absolute Gasteiger partial charge is 0.294 e. The van der Waals surface area contributed by atoms with Crippen LogP contribution in [0.5, 0.6) is 0 Å². The van der Waals surface area contributed by atoms with Crippen molar-refractivity contribution in [1.82, 2.24) is 14.6 Å². The van der Waals surface area contributed by atoms with E-state index >= 15 is 0 Å². The molecule has 0 radical (unpaired) electrons. The van der Waals surface area contributed by atoms with E-state index in [1.807, 2.05) is 0 Å². The summed E-state index contributed by atoms with van der Waals surface area (Å²) in [6, 6.07) is 6.88. The molecule has 3 rings (SSSR count). The van der Waals surface area contributed by atoms with E-state index in [-0.39, 0.29) is 27.5 Å². The summed E-state index contributed by atoms with van der Waals surface area (Å²) < 4.78 is 23.2. The molecule has 0 atom stereocenters. The molecule has 0 fully saturated rings. The monoisotopic (exact) mass is 359 g/mol. The van der Waals surface area contributed by atoms with Crippen molar-refractivity contribution in [3.63, 3.8) is 0 Å². The van der Waals surface area contributed by atoms with E-state index in [9.17, 15) is 18.0 Å². The molecule has 0 saturated carbocycles. The number of aromatic amines is 2. The molecule has 0 spiro atoms. The van der Waals surface area contributed by atoms with Crippen molar-refractivity contribution in [3.05, 3.63) is 56.7 Å². The lowest BCUT2D eigenvalue weighted by Gasteiger charge is -1.97. The second kappa shape index (κ2) is 5.82. The van der Waals surface area contributed by atoms with Crippen LogP contribution in [0.2, 0.25) is 0 Å². The van der Waals surface area contributed by atoms with Crippen molar-refractivity contribution >= 4 is 27.0 Å². The Morgan fingerprint density at radius 1 is 1.16 bits per heavy atom. The van der Waals surface area contributed by atoms with Crippen LogP contribution in [0.3, 0.4) is 0 Å². The number of rotatable bonds is 3. The van der Waals surface area contributed by atoms with Crippen molar-refractivity contribution in [1.29, 1.82) is 5.26 Å². The lowest BCUT2D eigenvalue weighted by molar-refractivity contribution is 0.598. The van der Waals surface area contributed by atoms with E-state index in [0.717, 1.165) is 10.7 Å². The van der Waals surface area contributed by atoms with Crippen molar-refractivity contribution in [2.75, 3.05) is 0 Å².